The fraction of sp³-hybridized carbons (Fsp3) is 0.429. The summed E-state index contributed by atoms with van der Waals surface area (Å²) in [5.74, 6) is 0.215. The van der Waals surface area contributed by atoms with E-state index >= 15 is 0 Å². The molecule has 1 aromatic heterocycles. The zero-order valence-electron chi connectivity index (χ0n) is 16.0. The Labute approximate surface area is 164 Å². The predicted molar refractivity (Wildman–Crippen MR) is 108 cm³/mol. The molecule has 0 saturated carbocycles. The quantitative estimate of drug-likeness (QED) is 0.885. The Kier molecular flexibility index (Phi) is 5.50. The molecule has 0 radical (unpaired) electrons. The maximum Gasteiger partial charge on any atom is 0.321 e. The number of nitrogens with one attached hydrogen (secondary N) is 1. The lowest BCUT2D eigenvalue weighted by Gasteiger charge is -2.34. The lowest BCUT2D eigenvalue weighted by molar-refractivity contribution is 0.0640. The average molecular weight is 382 g/mol. The van der Waals surface area contributed by atoms with Crippen LogP contribution in [0.15, 0.2) is 47.1 Å². The zero-order valence-corrected chi connectivity index (χ0v) is 16.0. The first-order valence-electron chi connectivity index (χ1n) is 9.94. The minimum atomic E-state index is -0.126. The summed E-state index contributed by atoms with van der Waals surface area (Å²) >= 11 is 0. The number of piperidine rings is 1. The number of urea groups is 1. The molecule has 28 heavy (non-hydrogen) atoms. The van der Waals surface area contributed by atoms with Crippen molar-refractivity contribution in [3.8, 4) is 0 Å². The molecule has 2 fully saturated rings. The SMILES string of the molecule is O=C(Nc1cccc(N2CCCCC2)c1)N1CCN(C(=O)c2ccco2)CC1. The van der Waals surface area contributed by atoms with Gasteiger partial charge in [-0.05, 0) is 49.6 Å². The monoisotopic (exact) mass is 382 g/mol. The Hall–Kier alpha value is -2.96. The average Bonchev–Trinajstić information content (AvgIpc) is 3.29. The summed E-state index contributed by atoms with van der Waals surface area (Å²) in [6.07, 6.45) is 5.23. The molecule has 0 bridgehead atoms. The molecule has 2 saturated heterocycles. The van der Waals surface area contributed by atoms with Gasteiger partial charge in [-0.25, -0.2) is 4.79 Å². The second-order valence-electron chi connectivity index (χ2n) is 7.28. The maximum atomic E-state index is 12.6. The Balaban J connectivity index is 1.31. The van der Waals surface area contributed by atoms with Crippen LogP contribution < -0.4 is 10.2 Å². The van der Waals surface area contributed by atoms with Gasteiger partial charge in [0, 0.05) is 50.6 Å². The van der Waals surface area contributed by atoms with Gasteiger partial charge in [0.05, 0.1) is 6.26 Å². The van der Waals surface area contributed by atoms with Gasteiger partial charge in [-0.3, -0.25) is 4.79 Å². The fourth-order valence-electron chi connectivity index (χ4n) is 3.80. The molecule has 2 aliphatic heterocycles. The molecular weight excluding hydrogens is 356 g/mol. The molecule has 0 atom stereocenters. The minimum Gasteiger partial charge on any atom is -0.459 e. The Bertz CT molecular complexity index is 807. The molecule has 7 nitrogen and oxygen atoms in total. The second-order valence-corrected chi connectivity index (χ2v) is 7.28. The number of piperazine rings is 1. The molecule has 2 aliphatic rings. The summed E-state index contributed by atoms with van der Waals surface area (Å²) in [5, 5.41) is 3.00. The van der Waals surface area contributed by atoms with E-state index < -0.39 is 0 Å². The molecule has 1 N–H and O–H groups in total. The van der Waals surface area contributed by atoms with Crippen molar-refractivity contribution in [1.29, 1.82) is 0 Å². The van der Waals surface area contributed by atoms with Gasteiger partial charge in [0.1, 0.15) is 0 Å². The van der Waals surface area contributed by atoms with Gasteiger partial charge < -0.3 is 24.4 Å². The van der Waals surface area contributed by atoms with Crippen LogP contribution in [0.3, 0.4) is 0 Å². The lowest BCUT2D eigenvalue weighted by Crippen LogP contribution is -2.51. The third-order valence-electron chi connectivity index (χ3n) is 5.40. The first-order chi connectivity index (χ1) is 13.7. The van der Waals surface area contributed by atoms with Crippen LogP contribution in [0.1, 0.15) is 29.8 Å². The van der Waals surface area contributed by atoms with Crippen molar-refractivity contribution >= 4 is 23.3 Å². The number of hydrogen-bond acceptors (Lipinski definition) is 4. The molecule has 1 aromatic carbocycles. The van der Waals surface area contributed by atoms with Crippen molar-refractivity contribution in [3.63, 3.8) is 0 Å². The van der Waals surface area contributed by atoms with Crippen LogP contribution in [0.2, 0.25) is 0 Å². The highest BCUT2D eigenvalue weighted by Crippen LogP contribution is 2.23. The molecule has 3 amide bonds. The van der Waals surface area contributed by atoms with Crippen molar-refractivity contribution in [3.05, 3.63) is 48.4 Å². The minimum absolute atomic E-state index is 0.124. The van der Waals surface area contributed by atoms with E-state index in [0.29, 0.717) is 31.9 Å². The number of carbonyl (C=O) groups excluding carboxylic acids is 2. The van der Waals surface area contributed by atoms with Crippen LogP contribution in [0.5, 0.6) is 0 Å². The van der Waals surface area contributed by atoms with E-state index in [9.17, 15) is 9.59 Å². The van der Waals surface area contributed by atoms with E-state index in [4.69, 9.17) is 4.42 Å². The highest BCUT2D eigenvalue weighted by atomic mass is 16.3. The maximum absolute atomic E-state index is 12.6. The second kappa shape index (κ2) is 8.37. The molecule has 0 unspecified atom stereocenters. The van der Waals surface area contributed by atoms with Crippen LogP contribution >= 0.6 is 0 Å². The highest BCUT2D eigenvalue weighted by Gasteiger charge is 2.26. The van der Waals surface area contributed by atoms with E-state index in [-0.39, 0.29) is 11.9 Å². The van der Waals surface area contributed by atoms with Crippen molar-refractivity contribution < 1.29 is 14.0 Å². The van der Waals surface area contributed by atoms with Gasteiger partial charge >= 0.3 is 6.03 Å². The van der Waals surface area contributed by atoms with Crippen LogP contribution in [-0.2, 0) is 0 Å². The van der Waals surface area contributed by atoms with Crippen LogP contribution in [0.4, 0.5) is 16.2 Å². The summed E-state index contributed by atoms with van der Waals surface area (Å²) in [7, 11) is 0. The molecule has 148 valence electrons. The van der Waals surface area contributed by atoms with E-state index in [1.165, 1.54) is 25.5 Å². The van der Waals surface area contributed by atoms with Crippen molar-refractivity contribution in [2.45, 2.75) is 19.3 Å². The van der Waals surface area contributed by atoms with Crippen LogP contribution in [-0.4, -0.2) is 61.0 Å². The normalized spacial score (nSPS) is 17.5. The molecular formula is C21H26N4O3. The molecule has 0 spiro atoms. The van der Waals surface area contributed by atoms with Gasteiger partial charge in [-0.15, -0.1) is 0 Å². The molecule has 4 rings (SSSR count). The zero-order chi connectivity index (χ0) is 19.3. The fourth-order valence-corrected chi connectivity index (χ4v) is 3.80. The summed E-state index contributed by atoms with van der Waals surface area (Å²) < 4.78 is 5.17. The van der Waals surface area contributed by atoms with Crippen molar-refractivity contribution in [2.75, 3.05) is 49.5 Å². The Morgan fingerprint density at radius 2 is 1.61 bits per heavy atom. The van der Waals surface area contributed by atoms with Crippen molar-refractivity contribution in [1.82, 2.24) is 9.80 Å². The number of furan rings is 1. The van der Waals surface area contributed by atoms with Gasteiger partial charge in [0.2, 0.25) is 0 Å². The van der Waals surface area contributed by atoms with Gasteiger partial charge in [-0.2, -0.15) is 0 Å². The summed E-state index contributed by atoms with van der Waals surface area (Å²) in [4.78, 5) is 30.8. The number of rotatable bonds is 3. The summed E-state index contributed by atoms with van der Waals surface area (Å²) in [6, 6.07) is 11.3. The summed E-state index contributed by atoms with van der Waals surface area (Å²) in [5.41, 5.74) is 1.97. The predicted octanol–water partition coefficient (Wildman–Crippen LogP) is 3.26. The number of nitrogens with zero attached hydrogens (tertiary/aromatic N) is 3. The third-order valence-corrected chi connectivity index (χ3v) is 5.40. The number of hydrogen-bond donors (Lipinski definition) is 1. The van der Waals surface area contributed by atoms with Crippen molar-refractivity contribution in [2.24, 2.45) is 0 Å². The number of carbonyl (C=O) groups is 2. The first-order valence-corrected chi connectivity index (χ1v) is 9.94. The van der Waals surface area contributed by atoms with Gasteiger partial charge in [-0.1, -0.05) is 6.07 Å². The Morgan fingerprint density at radius 3 is 2.32 bits per heavy atom. The lowest BCUT2D eigenvalue weighted by atomic mass is 10.1. The van der Waals surface area contributed by atoms with Gasteiger partial charge in [0.15, 0.2) is 5.76 Å². The van der Waals surface area contributed by atoms with Gasteiger partial charge in [0.25, 0.3) is 5.91 Å². The van der Waals surface area contributed by atoms with Crippen LogP contribution in [0.25, 0.3) is 0 Å². The highest BCUT2D eigenvalue weighted by molar-refractivity contribution is 5.92. The summed E-state index contributed by atoms with van der Waals surface area (Å²) in [6.45, 7) is 4.15. The van der Waals surface area contributed by atoms with E-state index in [1.54, 1.807) is 21.9 Å². The molecule has 0 aliphatic carbocycles. The van der Waals surface area contributed by atoms with E-state index in [0.717, 1.165) is 24.5 Å². The first kappa shape index (κ1) is 18.4. The van der Waals surface area contributed by atoms with E-state index in [1.807, 2.05) is 18.2 Å². The van der Waals surface area contributed by atoms with E-state index in [2.05, 4.69) is 16.3 Å². The standard InChI is InChI=1S/C21H26N4O3/c26-20(19-8-5-15-28-19)24-11-13-25(14-12-24)21(27)22-17-6-4-7-18(16-17)23-9-2-1-3-10-23/h4-8,15-16H,1-3,9-14H2,(H,22,27). The van der Waals surface area contributed by atoms with Crippen LogP contribution in [0, 0.1) is 0 Å². The topological polar surface area (TPSA) is 69.0 Å². The third kappa shape index (κ3) is 4.13. The number of anilines is 2. The number of amides is 3. The smallest absolute Gasteiger partial charge is 0.321 e. The molecule has 7 heteroatoms. The molecule has 3 heterocycles. The Morgan fingerprint density at radius 1 is 0.857 bits per heavy atom. The molecule has 2 aromatic rings. The number of benzene rings is 1. The largest absolute Gasteiger partial charge is 0.459 e.